The number of methoxy groups -OCH3 is 2. The van der Waals surface area contributed by atoms with Crippen LogP contribution in [0.25, 0.3) is 5.52 Å². The molecular formula is C13H13NO4. The summed E-state index contributed by atoms with van der Waals surface area (Å²) in [6, 6.07) is 3.70. The van der Waals surface area contributed by atoms with E-state index in [-0.39, 0.29) is 11.1 Å². The van der Waals surface area contributed by atoms with E-state index in [2.05, 4.69) is 4.74 Å². The lowest BCUT2D eigenvalue weighted by atomic mass is 10.1. The third kappa shape index (κ3) is 1.84. The zero-order valence-corrected chi connectivity index (χ0v) is 10.4. The van der Waals surface area contributed by atoms with E-state index in [1.54, 1.807) is 16.8 Å². The van der Waals surface area contributed by atoms with Crippen molar-refractivity contribution in [1.29, 1.82) is 0 Å². The fourth-order valence-corrected chi connectivity index (χ4v) is 1.85. The SMILES string of the molecule is COC(=O)c1cn2ccc(C)cc2c1C(=O)OC. The molecule has 94 valence electrons. The highest BCUT2D eigenvalue weighted by Gasteiger charge is 2.23. The van der Waals surface area contributed by atoms with Gasteiger partial charge in [-0.2, -0.15) is 0 Å². The molecule has 0 saturated carbocycles. The van der Waals surface area contributed by atoms with Gasteiger partial charge in [-0.25, -0.2) is 9.59 Å². The largest absolute Gasteiger partial charge is 0.465 e. The van der Waals surface area contributed by atoms with E-state index in [1.165, 1.54) is 14.2 Å². The third-order valence-corrected chi connectivity index (χ3v) is 2.73. The van der Waals surface area contributed by atoms with Gasteiger partial charge in [-0.05, 0) is 24.6 Å². The number of fused-ring (bicyclic) bond motifs is 1. The van der Waals surface area contributed by atoms with Crippen LogP contribution in [0.3, 0.4) is 0 Å². The van der Waals surface area contributed by atoms with Crippen molar-refractivity contribution >= 4 is 17.5 Å². The minimum Gasteiger partial charge on any atom is -0.465 e. The molecule has 0 atom stereocenters. The van der Waals surface area contributed by atoms with Gasteiger partial charge in [-0.3, -0.25) is 0 Å². The van der Waals surface area contributed by atoms with Gasteiger partial charge in [0, 0.05) is 12.4 Å². The molecule has 0 fully saturated rings. The van der Waals surface area contributed by atoms with Crippen LogP contribution in [0.15, 0.2) is 24.5 Å². The zero-order chi connectivity index (χ0) is 13.3. The van der Waals surface area contributed by atoms with Crippen LogP contribution in [0.4, 0.5) is 0 Å². The maximum absolute atomic E-state index is 11.8. The van der Waals surface area contributed by atoms with Crippen molar-refractivity contribution in [3.63, 3.8) is 0 Å². The van der Waals surface area contributed by atoms with Crippen LogP contribution in [-0.4, -0.2) is 30.6 Å². The summed E-state index contributed by atoms with van der Waals surface area (Å²) in [4.78, 5) is 23.5. The van der Waals surface area contributed by atoms with Crippen molar-refractivity contribution < 1.29 is 19.1 Å². The summed E-state index contributed by atoms with van der Waals surface area (Å²) in [5, 5.41) is 0. The van der Waals surface area contributed by atoms with Gasteiger partial charge in [0.25, 0.3) is 0 Å². The molecule has 18 heavy (non-hydrogen) atoms. The average Bonchev–Trinajstić information content (AvgIpc) is 2.75. The number of aryl methyl sites for hydroxylation is 1. The number of hydrogen-bond donors (Lipinski definition) is 0. The van der Waals surface area contributed by atoms with Crippen LogP contribution in [0.2, 0.25) is 0 Å². The molecule has 0 radical (unpaired) electrons. The van der Waals surface area contributed by atoms with Gasteiger partial charge in [-0.15, -0.1) is 0 Å². The summed E-state index contributed by atoms with van der Waals surface area (Å²) in [6.45, 7) is 1.91. The van der Waals surface area contributed by atoms with Crippen molar-refractivity contribution in [3.05, 3.63) is 41.2 Å². The Morgan fingerprint density at radius 1 is 1.17 bits per heavy atom. The van der Waals surface area contributed by atoms with Gasteiger partial charge < -0.3 is 13.9 Å². The van der Waals surface area contributed by atoms with Crippen molar-refractivity contribution in [2.45, 2.75) is 6.92 Å². The van der Waals surface area contributed by atoms with E-state index in [4.69, 9.17) is 4.74 Å². The Balaban J connectivity index is 2.77. The molecule has 0 bridgehead atoms. The first-order chi connectivity index (χ1) is 8.58. The van der Waals surface area contributed by atoms with Gasteiger partial charge in [0.2, 0.25) is 0 Å². The number of carbonyl (C=O) groups is 2. The Kier molecular flexibility index (Phi) is 3.06. The predicted octanol–water partition coefficient (Wildman–Crippen LogP) is 1.82. The first-order valence-electron chi connectivity index (χ1n) is 5.36. The lowest BCUT2D eigenvalue weighted by Crippen LogP contribution is -2.09. The van der Waals surface area contributed by atoms with Gasteiger partial charge in [0.15, 0.2) is 0 Å². The summed E-state index contributed by atoms with van der Waals surface area (Å²) in [6.07, 6.45) is 3.34. The molecule has 0 N–H and O–H groups in total. The van der Waals surface area contributed by atoms with Crippen LogP contribution < -0.4 is 0 Å². The van der Waals surface area contributed by atoms with E-state index in [1.807, 2.05) is 19.1 Å². The van der Waals surface area contributed by atoms with Gasteiger partial charge in [0.05, 0.1) is 30.9 Å². The molecule has 0 spiro atoms. The van der Waals surface area contributed by atoms with Crippen LogP contribution in [0.1, 0.15) is 26.3 Å². The Labute approximate surface area is 104 Å². The molecule has 0 aromatic carbocycles. The van der Waals surface area contributed by atoms with Crippen LogP contribution >= 0.6 is 0 Å². The molecule has 0 unspecified atom stereocenters. The topological polar surface area (TPSA) is 57.0 Å². The Bertz CT molecular complexity index is 627. The number of pyridine rings is 1. The highest BCUT2D eigenvalue weighted by molar-refractivity contribution is 6.08. The fourth-order valence-electron chi connectivity index (χ4n) is 1.85. The van der Waals surface area contributed by atoms with Gasteiger partial charge in [0.1, 0.15) is 0 Å². The summed E-state index contributed by atoms with van der Waals surface area (Å²) in [7, 11) is 2.56. The molecule has 0 saturated heterocycles. The molecule has 0 aliphatic heterocycles. The van der Waals surface area contributed by atoms with Crippen molar-refractivity contribution in [2.24, 2.45) is 0 Å². The van der Waals surface area contributed by atoms with Crippen LogP contribution in [0.5, 0.6) is 0 Å². The second kappa shape index (κ2) is 4.52. The number of nitrogens with zero attached hydrogens (tertiary/aromatic N) is 1. The molecule has 0 aliphatic carbocycles. The molecule has 2 aromatic rings. The Morgan fingerprint density at radius 3 is 2.44 bits per heavy atom. The third-order valence-electron chi connectivity index (χ3n) is 2.73. The second-order valence-electron chi connectivity index (χ2n) is 3.90. The monoisotopic (exact) mass is 247 g/mol. The molecular weight excluding hydrogens is 234 g/mol. The van der Waals surface area contributed by atoms with E-state index < -0.39 is 11.9 Å². The molecule has 2 heterocycles. The average molecular weight is 247 g/mol. The van der Waals surface area contributed by atoms with Gasteiger partial charge in [-0.1, -0.05) is 0 Å². The number of carbonyl (C=O) groups excluding carboxylic acids is 2. The predicted molar refractivity (Wildman–Crippen MR) is 64.8 cm³/mol. The smallest absolute Gasteiger partial charge is 0.340 e. The molecule has 0 amide bonds. The number of esters is 2. The first-order valence-corrected chi connectivity index (χ1v) is 5.36. The summed E-state index contributed by atoms with van der Waals surface area (Å²) in [5.41, 5.74) is 2.05. The Morgan fingerprint density at radius 2 is 1.83 bits per heavy atom. The van der Waals surface area contributed by atoms with E-state index >= 15 is 0 Å². The van der Waals surface area contributed by atoms with E-state index in [9.17, 15) is 9.59 Å². The fraction of sp³-hybridized carbons (Fsp3) is 0.231. The summed E-state index contributed by atoms with van der Waals surface area (Å²) >= 11 is 0. The van der Waals surface area contributed by atoms with Crippen molar-refractivity contribution in [3.8, 4) is 0 Å². The molecule has 5 heteroatoms. The number of hydrogen-bond acceptors (Lipinski definition) is 4. The maximum atomic E-state index is 11.8. The molecule has 2 rings (SSSR count). The standard InChI is InChI=1S/C13H13NO4/c1-8-4-5-14-7-9(12(15)17-2)11(10(14)6-8)13(16)18-3/h4-7H,1-3H3. The highest BCUT2D eigenvalue weighted by Crippen LogP contribution is 2.21. The Hall–Kier alpha value is -2.30. The lowest BCUT2D eigenvalue weighted by Gasteiger charge is -2.02. The van der Waals surface area contributed by atoms with Crippen molar-refractivity contribution in [2.75, 3.05) is 14.2 Å². The summed E-state index contributed by atoms with van der Waals surface area (Å²) < 4.78 is 11.1. The van der Waals surface area contributed by atoms with E-state index in [0.717, 1.165) is 5.56 Å². The number of ether oxygens (including phenoxy) is 2. The van der Waals surface area contributed by atoms with Crippen molar-refractivity contribution in [1.82, 2.24) is 4.40 Å². The number of rotatable bonds is 2. The normalized spacial score (nSPS) is 10.4. The second-order valence-corrected chi connectivity index (χ2v) is 3.90. The van der Waals surface area contributed by atoms with E-state index in [0.29, 0.717) is 5.52 Å². The summed E-state index contributed by atoms with van der Waals surface area (Å²) in [5.74, 6) is -1.11. The highest BCUT2D eigenvalue weighted by atomic mass is 16.5. The quantitative estimate of drug-likeness (QED) is 0.759. The lowest BCUT2D eigenvalue weighted by molar-refractivity contribution is 0.0558. The first kappa shape index (κ1) is 12.2. The van der Waals surface area contributed by atoms with Crippen LogP contribution in [0, 0.1) is 6.92 Å². The molecule has 2 aromatic heterocycles. The molecule has 0 aliphatic rings. The minimum absolute atomic E-state index is 0.204. The van der Waals surface area contributed by atoms with Gasteiger partial charge >= 0.3 is 11.9 Å². The minimum atomic E-state index is -0.559. The zero-order valence-electron chi connectivity index (χ0n) is 10.4. The van der Waals surface area contributed by atoms with Crippen LogP contribution in [-0.2, 0) is 9.47 Å². The maximum Gasteiger partial charge on any atom is 0.340 e. The molecule has 5 nitrogen and oxygen atoms in total. The number of aromatic nitrogens is 1.